The number of nitrogens with zero attached hydrogens (tertiary/aromatic N) is 1. The Morgan fingerprint density at radius 3 is 2.54 bits per heavy atom. The van der Waals surface area contributed by atoms with Crippen LogP contribution in [0.5, 0.6) is 5.75 Å². The number of anilines is 1. The van der Waals surface area contributed by atoms with E-state index in [4.69, 9.17) is 39.5 Å². The maximum Gasteiger partial charge on any atom is 0.276 e. The van der Waals surface area contributed by atoms with Gasteiger partial charge in [-0.2, -0.15) is 0 Å². The molecule has 148 valence electrons. The van der Waals surface area contributed by atoms with E-state index in [0.29, 0.717) is 32.1 Å². The van der Waals surface area contributed by atoms with E-state index in [1.165, 1.54) is 11.1 Å². The average molecular weight is 443 g/mol. The summed E-state index contributed by atoms with van der Waals surface area (Å²) in [6.45, 7) is 3.56. The number of ether oxygens (including phenoxy) is 1. The van der Waals surface area contributed by atoms with Gasteiger partial charge in [0.15, 0.2) is 6.61 Å². The summed E-state index contributed by atoms with van der Waals surface area (Å²) in [6, 6.07) is 9.70. The summed E-state index contributed by atoms with van der Waals surface area (Å²) < 4.78 is 5.43. The summed E-state index contributed by atoms with van der Waals surface area (Å²) in [6.07, 6.45) is -0.427. The van der Waals surface area contributed by atoms with Gasteiger partial charge in [0.2, 0.25) is 0 Å². The van der Waals surface area contributed by atoms with Crippen molar-refractivity contribution in [2.24, 2.45) is 5.92 Å². The molecule has 0 aromatic heterocycles. The maximum absolute atomic E-state index is 12.9. The molecule has 1 unspecified atom stereocenters. The van der Waals surface area contributed by atoms with E-state index in [1.54, 1.807) is 30.3 Å². The lowest BCUT2D eigenvalue weighted by Gasteiger charge is -2.39. The molecule has 9 heteroatoms. The van der Waals surface area contributed by atoms with Crippen molar-refractivity contribution in [2.45, 2.75) is 20.0 Å². The molecule has 0 radical (unpaired) electrons. The normalized spacial score (nSPS) is 15.9. The Morgan fingerprint density at radius 1 is 1.18 bits per heavy atom. The van der Waals surface area contributed by atoms with Gasteiger partial charge in [-0.25, -0.2) is 5.01 Å². The number of hydrogen-bond donors (Lipinski definition) is 2. The quantitative estimate of drug-likeness (QED) is 0.709. The first-order valence-corrected chi connectivity index (χ1v) is 9.66. The van der Waals surface area contributed by atoms with E-state index in [1.807, 2.05) is 13.8 Å². The fraction of sp³-hybridized carbons (Fsp3) is 0.263. The number of nitrogens with one attached hydrogen (secondary N) is 2. The van der Waals surface area contributed by atoms with E-state index in [2.05, 4.69) is 10.7 Å². The van der Waals surface area contributed by atoms with Gasteiger partial charge in [-0.15, -0.1) is 0 Å². The van der Waals surface area contributed by atoms with Gasteiger partial charge in [-0.05, 0) is 42.3 Å². The molecule has 6 nitrogen and oxygen atoms in total. The molecule has 0 aliphatic carbocycles. The van der Waals surface area contributed by atoms with Crippen LogP contribution in [-0.4, -0.2) is 29.6 Å². The minimum absolute atomic E-state index is 0.0275. The van der Waals surface area contributed by atoms with Crippen molar-refractivity contribution in [3.8, 4) is 5.75 Å². The van der Waals surface area contributed by atoms with Crippen LogP contribution in [0, 0.1) is 5.92 Å². The fourth-order valence-electron chi connectivity index (χ4n) is 2.79. The molecule has 0 bridgehead atoms. The van der Waals surface area contributed by atoms with Crippen LogP contribution in [0.15, 0.2) is 36.4 Å². The van der Waals surface area contributed by atoms with Crippen molar-refractivity contribution >= 4 is 52.3 Å². The first kappa shape index (κ1) is 20.6. The summed E-state index contributed by atoms with van der Waals surface area (Å²) in [7, 11) is 0. The molecule has 0 saturated heterocycles. The third-order valence-corrected chi connectivity index (χ3v) is 4.91. The second kappa shape index (κ2) is 8.47. The van der Waals surface area contributed by atoms with Crippen LogP contribution >= 0.6 is 34.8 Å². The van der Waals surface area contributed by atoms with E-state index in [0.717, 1.165) is 0 Å². The molecule has 1 atom stereocenters. The molecule has 2 amide bonds. The van der Waals surface area contributed by atoms with Crippen molar-refractivity contribution in [3.05, 3.63) is 57.0 Å². The molecule has 2 aromatic rings. The van der Waals surface area contributed by atoms with Crippen LogP contribution in [0.3, 0.4) is 0 Å². The maximum atomic E-state index is 12.9. The van der Waals surface area contributed by atoms with Crippen LogP contribution in [-0.2, 0) is 4.79 Å². The van der Waals surface area contributed by atoms with E-state index in [9.17, 15) is 9.59 Å². The van der Waals surface area contributed by atoms with Gasteiger partial charge in [-0.3, -0.25) is 15.0 Å². The number of carbonyl (C=O) groups is 2. The molecule has 0 saturated carbocycles. The van der Waals surface area contributed by atoms with Gasteiger partial charge in [-0.1, -0.05) is 48.7 Å². The minimum atomic E-state index is -0.503. The predicted octanol–water partition coefficient (Wildman–Crippen LogP) is 4.61. The number of hydrogen-bond acceptors (Lipinski definition) is 4. The highest BCUT2D eigenvalue weighted by molar-refractivity contribution is 6.35. The molecular formula is C19H18Cl3N3O3. The number of carbonyl (C=O) groups excluding carboxylic acids is 2. The van der Waals surface area contributed by atoms with Gasteiger partial charge >= 0.3 is 0 Å². The zero-order chi connectivity index (χ0) is 20.4. The van der Waals surface area contributed by atoms with Crippen molar-refractivity contribution in [2.75, 3.05) is 11.9 Å². The van der Waals surface area contributed by atoms with Gasteiger partial charge in [0.1, 0.15) is 11.9 Å². The lowest BCUT2D eigenvalue weighted by molar-refractivity contribution is -0.128. The van der Waals surface area contributed by atoms with E-state index < -0.39 is 12.1 Å². The third-order valence-electron chi connectivity index (χ3n) is 4.14. The second-order valence-corrected chi connectivity index (χ2v) is 7.88. The van der Waals surface area contributed by atoms with Gasteiger partial charge in [0.25, 0.3) is 11.8 Å². The standard InChI is InChI=1S/C19H18Cl3N3O3/c1-10(2)18-23-15-5-3-11(20)7-13(15)19(27)25(18)24-17(26)9-28-16-6-4-12(21)8-14(16)22/h3-8,10,18,23H,9H2,1-2H3,(H,24,26). The summed E-state index contributed by atoms with van der Waals surface area (Å²) >= 11 is 17.9. The topological polar surface area (TPSA) is 70.7 Å². The largest absolute Gasteiger partial charge is 0.482 e. The first-order valence-electron chi connectivity index (χ1n) is 8.53. The van der Waals surface area contributed by atoms with Crippen molar-refractivity contribution in [1.29, 1.82) is 0 Å². The fourth-order valence-corrected chi connectivity index (χ4v) is 3.42. The zero-order valence-electron chi connectivity index (χ0n) is 15.1. The second-order valence-electron chi connectivity index (χ2n) is 6.60. The van der Waals surface area contributed by atoms with Crippen molar-refractivity contribution in [3.63, 3.8) is 0 Å². The smallest absolute Gasteiger partial charge is 0.276 e. The number of amides is 2. The average Bonchev–Trinajstić information content (AvgIpc) is 2.63. The Balaban J connectivity index is 1.73. The van der Waals surface area contributed by atoms with Crippen molar-refractivity contribution in [1.82, 2.24) is 10.4 Å². The summed E-state index contributed by atoms with van der Waals surface area (Å²) in [4.78, 5) is 25.3. The highest BCUT2D eigenvalue weighted by Gasteiger charge is 2.35. The number of halogens is 3. The van der Waals surface area contributed by atoms with Crippen LogP contribution in [0.2, 0.25) is 15.1 Å². The Bertz CT molecular complexity index is 921. The SMILES string of the molecule is CC(C)C1Nc2ccc(Cl)cc2C(=O)N1NC(=O)COc1ccc(Cl)cc1Cl. The van der Waals surface area contributed by atoms with Gasteiger partial charge < -0.3 is 10.1 Å². The Labute approximate surface area is 177 Å². The predicted molar refractivity (Wildman–Crippen MR) is 110 cm³/mol. The monoisotopic (exact) mass is 441 g/mol. The highest BCUT2D eigenvalue weighted by atomic mass is 35.5. The number of hydrazine groups is 1. The summed E-state index contributed by atoms with van der Waals surface area (Å²) in [5.41, 5.74) is 3.66. The van der Waals surface area contributed by atoms with Crippen LogP contribution < -0.4 is 15.5 Å². The molecule has 1 aliphatic rings. The Morgan fingerprint density at radius 2 is 1.86 bits per heavy atom. The molecule has 28 heavy (non-hydrogen) atoms. The van der Waals surface area contributed by atoms with E-state index in [-0.39, 0.29) is 18.4 Å². The third kappa shape index (κ3) is 4.46. The molecule has 0 spiro atoms. The summed E-state index contributed by atoms with van der Waals surface area (Å²) in [5.74, 6) is -0.508. The zero-order valence-corrected chi connectivity index (χ0v) is 17.4. The van der Waals surface area contributed by atoms with Crippen LogP contribution in [0.4, 0.5) is 5.69 Å². The lowest BCUT2D eigenvalue weighted by atomic mass is 10.0. The molecule has 0 fully saturated rings. The molecule has 3 rings (SSSR count). The van der Waals surface area contributed by atoms with Gasteiger partial charge in [0.05, 0.1) is 10.6 Å². The minimum Gasteiger partial charge on any atom is -0.482 e. The Kier molecular flexibility index (Phi) is 6.23. The Hall–Kier alpha value is -2.15. The van der Waals surface area contributed by atoms with Crippen LogP contribution in [0.1, 0.15) is 24.2 Å². The molecule has 2 aromatic carbocycles. The molecule has 1 aliphatic heterocycles. The highest BCUT2D eigenvalue weighted by Crippen LogP contribution is 2.30. The van der Waals surface area contributed by atoms with Gasteiger partial charge in [0, 0.05) is 15.7 Å². The number of rotatable bonds is 5. The number of fused-ring (bicyclic) bond motifs is 1. The summed E-state index contributed by atoms with van der Waals surface area (Å²) in [5, 5.41) is 5.70. The van der Waals surface area contributed by atoms with Crippen molar-refractivity contribution < 1.29 is 14.3 Å². The molecule has 1 heterocycles. The van der Waals surface area contributed by atoms with Crippen LogP contribution in [0.25, 0.3) is 0 Å². The molecular weight excluding hydrogens is 425 g/mol. The number of benzene rings is 2. The lowest BCUT2D eigenvalue weighted by Crippen LogP contribution is -2.59. The molecule has 2 N–H and O–H groups in total. The first-order chi connectivity index (χ1) is 13.3. The van der Waals surface area contributed by atoms with E-state index >= 15 is 0 Å².